The molecule has 0 saturated heterocycles. The average Bonchev–Trinajstić information content (AvgIpc) is 3.05. The Kier molecular flexibility index (Phi) is 6.08. The second kappa shape index (κ2) is 8.68. The highest BCUT2D eigenvalue weighted by Crippen LogP contribution is 2.23. The quantitative estimate of drug-likeness (QED) is 0.491. The monoisotopic (exact) mass is 385 g/mol. The number of alkyl halides is 1. The number of ether oxygens (including phenoxy) is 1. The zero-order chi connectivity index (χ0) is 19.2. The predicted octanol–water partition coefficient (Wildman–Crippen LogP) is 4.09. The molecule has 3 aromatic rings. The lowest BCUT2D eigenvalue weighted by atomic mass is 10.1. The fourth-order valence-corrected chi connectivity index (χ4v) is 3.00. The predicted molar refractivity (Wildman–Crippen MR) is 105 cm³/mol. The summed E-state index contributed by atoms with van der Waals surface area (Å²) < 4.78 is 7.04. The van der Waals surface area contributed by atoms with Gasteiger partial charge in [-0.2, -0.15) is 0 Å². The third kappa shape index (κ3) is 4.28. The first kappa shape index (κ1) is 18.9. The summed E-state index contributed by atoms with van der Waals surface area (Å²) in [7, 11) is 0. The zero-order valence-electron chi connectivity index (χ0n) is 14.9. The van der Waals surface area contributed by atoms with E-state index >= 15 is 0 Å². The van der Waals surface area contributed by atoms with Crippen molar-refractivity contribution in [2.24, 2.45) is 0 Å². The third-order valence-electron chi connectivity index (χ3n) is 4.08. The summed E-state index contributed by atoms with van der Waals surface area (Å²) in [5.41, 5.74) is 2.44. The van der Waals surface area contributed by atoms with Crippen molar-refractivity contribution in [3.8, 4) is 0 Å². The fourth-order valence-electron chi connectivity index (χ4n) is 2.89. The SMILES string of the molecule is CCOC(=O)c1cc2cc(C(=O)Nc3cccnc3)ccc2n1CCCCl. The Balaban J connectivity index is 1.94. The van der Waals surface area contributed by atoms with Crippen molar-refractivity contribution >= 4 is 40.1 Å². The second-order valence-corrected chi connectivity index (χ2v) is 6.29. The Hall–Kier alpha value is -2.86. The van der Waals surface area contributed by atoms with Gasteiger partial charge in [-0.15, -0.1) is 11.6 Å². The van der Waals surface area contributed by atoms with Gasteiger partial charge in [-0.3, -0.25) is 9.78 Å². The Morgan fingerprint density at radius 2 is 2.11 bits per heavy atom. The van der Waals surface area contributed by atoms with Crippen LogP contribution in [0.4, 0.5) is 5.69 Å². The van der Waals surface area contributed by atoms with Crippen molar-refractivity contribution < 1.29 is 14.3 Å². The molecule has 0 fully saturated rings. The summed E-state index contributed by atoms with van der Waals surface area (Å²) >= 11 is 5.82. The largest absolute Gasteiger partial charge is 0.461 e. The van der Waals surface area contributed by atoms with E-state index < -0.39 is 0 Å². The number of nitrogens with one attached hydrogen (secondary N) is 1. The van der Waals surface area contributed by atoms with Gasteiger partial charge in [-0.1, -0.05) is 0 Å². The number of anilines is 1. The summed E-state index contributed by atoms with van der Waals surface area (Å²) in [4.78, 5) is 28.8. The smallest absolute Gasteiger partial charge is 0.354 e. The van der Waals surface area contributed by atoms with Crippen LogP contribution >= 0.6 is 11.6 Å². The van der Waals surface area contributed by atoms with Crippen LogP contribution in [0, 0.1) is 0 Å². The van der Waals surface area contributed by atoms with Gasteiger partial charge in [0.1, 0.15) is 5.69 Å². The van der Waals surface area contributed by atoms with Crippen molar-refractivity contribution in [1.29, 1.82) is 0 Å². The first-order chi connectivity index (χ1) is 13.1. The molecule has 0 bridgehead atoms. The minimum Gasteiger partial charge on any atom is -0.461 e. The highest BCUT2D eigenvalue weighted by molar-refractivity contribution is 6.17. The summed E-state index contributed by atoms with van der Waals surface area (Å²) in [5.74, 6) is -0.131. The normalized spacial score (nSPS) is 10.7. The van der Waals surface area contributed by atoms with Crippen molar-refractivity contribution in [2.75, 3.05) is 17.8 Å². The van der Waals surface area contributed by atoms with E-state index in [1.54, 1.807) is 49.6 Å². The number of carbonyl (C=O) groups excluding carboxylic acids is 2. The van der Waals surface area contributed by atoms with Gasteiger partial charge in [0.2, 0.25) is 0 Å². The molecule has 0 aliphatic rings. The van der Waals surface area contributed by atoms with Crippen LogP contribution in [0.3, 0.4) is 0 Å². The van der Waals surface area contributed by atoms with Crippen LogP contribution in [0.1, 0.15) is 34.2 Å². The third-order valence-corrected chi connectivity index (χ3v) is 4.35. The molecule has 0 unspecified atom stereocenters. The van der Waals surface area contributed by atoms with Crippen molar-refractivity contribution in [3.05, 3.63) is 60.0 Å². The standard InChI is InChI=1S/C20H20ClN3O3/c1-2-27-20(26)18-12-15-11-14(6-7-17(15)24(18)10-4-8-21)19(25)23-16-5-3-9-22-13-16/h3,5-7,9,11-13H,2,4,8,10H2,1H3,(H,23,25). The summed E-state index contributed by atoms with van der Waals surface area (Å²) in [6.45, 7) is 2.67. The molecule has 0 radical (unpaired) electrons. The number of rotatable bonds is 7. The van der Waals surface area contributed by atoms with Crippen LogP contribution in [-0.2, 0) is 11.3 Å². The molecule has 0 saturated carbocycles. The number of carbonyl (C=O) groups is 2. The van der Waals surface area contributed by atoms with E-state index in [-0.39, 0.29) is 11.9 Å². The van der Waals surface area contributed by atoms with Gasteiger partial charge in [-0.25, -0.2) is 4.79 Å². The van der Waals surface area contributed by atoms with Crippen molar-refractivity contribution in [1.82, 2.24) is 9.55 Å². The van der Waals surface area contributed by atoms with Gasteiger partial charge < -0.3 is 14.6 Å². The minimum atomic E-state index is -0.385. The van der Waals surface area contributed by atoms with Crippen LogP contribution < -0.4 is 5.32 Å². The molecule has 0 atom stereocenters. The molecule has 0 spiro atoms. The number of esters is 1. The van der Waals surface area contributed by atoms with Crippen LogP contribution in [-0.4, -0.2) is 33.9 Å². The number of pyridine rings is 1. The van der Waals surface area contributed by atoms with Crippen molar-refractivity contribution in [2.45, 2.75) is 19.9 Å². The van der Waals surface area contributed by atoms with Gasteiger partial charge >= 0.3 is 5.97 Å². The Labute approximate surface area is 162 Å². The van der Waals surface area contributed by atoms with Crippen LogP contribution in [0.5, 0.6) is 0 Å². The van der Waals surface area contributed by atoms with Gasteiger partial charge in [-0.05, 0) is 49.7 Å². The molecule has 1 N–H and O–H groups in total. The molecule has 1 aromatic carbocycles. The maximum Gasteiger partial charge on any atom is 0.354 e. The summed E-state index contributed by atoms with van der Waals surface area (Å²) in [6.07, 6.45) is 3.95. The lowest BCUT2D eigenvalue weighted by molar-refractivity contribution is 0.0514. The Morgan fingerprint density at radius 3 is 2.81 bits per heavy atom. The first-order valence-corrected chi connectivity index (χ1v) is 9.25. The number of aryl methyl sites for hydroxylation is 1. The van der Waals surface area contributed by atoms with E-state index in [1.807, 2.05) is 10.6 Å². The molecule has 6 nitrogen and oxygen atoms in total. The topological polar surface area (TPSA) is 73.2 Å². The molecular formula is C20H20ClN3O3. The summed E-state index contributed by atoms with van der Waals surface area (Å²) in [6, 6.07) is 10.6. The lowest BCUT2D eigenvalue weighted by Crippen LogP contribution is -2.13. The molecule has 140 valence electrons. The van der Waals surface area contributed by atoms with Gasteiger partial charge in [0.25, 0.3) is 5.91 Å². The number of fused-ring (bicyclic) bond motifs is 1. The molecule has 0 aliphatic carbocycles. The van der Waals surface area contributed by atoms with E-state index in [9.17, 15) is 9.59 Å². The maximum atomic E-state index is 12.5. The average molecular weight is 386 g/mol. The van der Waals surface area contributed by atoms with E-state index in [4.69, 9.17) is 16.3 Å². The molecule has 3 rings (SSSR count). The van der Waals surface area contributed by atoms with Crippen LogP contribution in [0.2, 0.25) is 0 Å². The number of amides is 1. The van der Waals surface area contributed by atoms with Crippen molar-refractivity contribution in [3.63, 3.8) is 0 Å². The molecular weight excluding hydrogens is 366 g/mol. The first-order valence-electron chi connectivity index (χ1n) is 8.71. The van der Waals surface area contributed by atoms with E-state index in [2.05, 4.69) is 10.3 Å². The Bertz CT molecular complexity index is 954. The zero-order valence-corrected chi connectivity index (χ0v) is 15.7. The Morgan fingerprint density at radius 1 is 1.26 bits per heavy atom. The number of halogens is 1. The molecule has 2 aromatic heterocycles. The molecule has 0 aliphatic heterocycles. The summed E-state index contributed by atoms with van der Waals surface area (Å²) in [5, 5.41) is 3.60. The highest BCUT2D eigenvalue weighted by atomic mass is 35.5. The number of hydrogen-bond donors (Lipinski definition) is 1. The molecule has 1 amide bonds. The van der Waals surface area contributed by atoms with Gasteiger partial charge in [0, 0.05) is 35.1 Å². The molecule has 27 heavy (non-hydrogen) atoms. The second-order valence-electron chi connectivity index (χ2n) is 5.91. The number of aromatic nitrogens is 2. The molecule has 2 heterocycles. The van der Waals surface area contributed by atoms with Gasteiger partial charge in [0.15, 0.2) is 0 Å². The number of benzene rings is 1. The van der Waals surface area contributed by atoms with E-state index in [0.717, 1.165) is 17.3 Å². The lowest BCUT2D eigenvalue weighted by Gasteiger charge is -2.09. The number of hydrogen-bond acceptors (Lipinski definition) is 4. The van der Waals surface area contributed by atoms with Crippen LogP contribution in [0.25, 0.3) is 10.9 Å². The van der Waals surface area contributed by atoms with E-state index in [0.29, 0.717) is 36.0 Å². The highest BCUT2D eigenvalue weighted by Gasteiger charge is 2.18. The number of nitrogens with zero attached hydrogens (tertiary/aromatic N) is 2. The minimum absolute atomic E-state index is 0.240. The fraction of sp³-hybridized carbons (Fsp3) is 0.250. The van der Waals surface area contributed by atoms with Gasteiger partial charge in [0.05, 0.1) is 18.5 Å². The van der Waals surface area contributed by atoms with E-state index in [1.165, 1.54) is 0 Å². The maximum absolute atomic E-state index is 12.5. The van der Waals surface area contributed by atoms with Crippen LogP contribution in [0.15, 0.2) is 48.8 Å². The molecule has 7 heteroatoms.